The van der Waals surface area contributed by atoms with Crippen molar-refractivity contribution in [2.24, 2.45) is 0 Å². The van der Waals surface area contributed by atoms with E-state index in [9.17, 15) is 5.11 Å². The number of hydrogen-bond acceptors (Lipinski definition) is 4. The minimum absolute atomic E-state index is 0.00507. The third kappa shape index (κ3) is 2.96. The number of aliphatic hydroxyl groups excluding tert-OH is 1. The van der Waals surface area contributed by atoms with Crippen LogP contribution in [0.3, 0.4) is 0 Å². The number of nitrogens with one attached hydrogen (secondary N) is 1. The summed E-state index contributed by atoms with van der Waals surface area (Å²) in [5, 5.41) is 12.8. The highest BCUT2D eigenvalue weighted by atomic mass is 16.5. The van der Waals surface area contributed by atoms with Crippen LogP contribution >= 0.6 is 0 Å². The lowest BCUT2D eigenvalue weighted by Crippen LogP contribution is -2.26. The lowest BCUT2D eigenvalue weighted by Gasteiger charge is -2.19. The minimum atomic E-state index is -0.203. The molecule has 4 nitrogen and oxygen atoms in total. The molecule has 2 aromatic rings. The van der Waals surface area contributed by atoms with Crippen LogP contribution in [0.5, 0.6) is 5.75 Å². The second kappa shape index (κ2) is 5.54. The Kier molecular flexibility index (Phi) is 3.74. The van der Waals surface area contributed by atoms with E-state index < -0.39 is 0 Å². The standard InChI is InChI=1S/C17H21NO3/c1-17(2)9-12-5-3-6-13(16(12)21-17)10-18-14(11-19)15-7-4-8-20-15/h3-8,14,18-19H,9-11H2,1-2H3. The van der Waals surface area contributed by atoms with E-state index in [0.717, 1.165) is 23.5 Å². The van der Waals surface area contributed by atoms with Crippen LogP contribution in [0.4, 0.5) is 0 Å². The number of ether oxygens (including phenoxy) is 1. The van der Waals surface area contributed by atoms with Crippen molar-refractivity contribution >= 4 is 0 Å². The fourth-order valence-electron chi connectivity index (χ4n) is 2.80. The highest BCUT2D eigenvalue weighted by molar-refractivity contribution is 5.45. The van der Waals surface area contributed by atoms with Gasteiger partial charge in [-0.1, -0.05) is 18.2 Å². The average molecular weight is 287 g/mol. The molecule has 2 heterocycles. The van der Waals surface area contributed by atoms with Gasteiger partial charge in [0.05, 0.1) is 18.9 Å². The van der Waals surface area contributed by atoms with E-state index in [2.05, 4.69) is 37.4 Å². The Morgan fingerprint density at radius 3 is 2.86 bits per heavy atom. The molecule has 1 atom stereocenters. The first-order chi connectivity index (χ1) is 10.1. The van der Waals surface area contributed by atoms with Crippen LogP contribution in [-0.2, 0) is 13.0 Å². The Labute approximate surface area is 124 Å². The van der Waals surface area contributed by atoms with E-state index in [1.807, 2.05) is 12.1 Å². The van der Waals surface area contributed by atoms with Gasteiger partial charge >= 0.3 is 0 Å². The van der Waals surface area contributed by atoms with Gasteiger partial charge in [0.15, 0.2) is 0 Å². The molecule has 0 bridgehead atoms. The van der Waals surface area contributed by atoms with Gasteiger partial charge in [0.25, 0.3) is 0 Å². The lowest BCUT2D eigenvalue weighted by molar-refractivity contribution is 0.136. The molecule has 0 fully saturated rings. The van der Waals surface area contributed by atoms with Crippen molar-refractivity contribution in [3.8, 4) is 5.75 Å². The lowest BCUT2D eigenvalue weighted by atomic mass is 10.0. The molecule has 0 saturated carbocycles. The van der Waals surface area contributed by atoms with E-state index in [1.165, 1.54) is 5.56 Å². The van der Waals surface area contributed by atoms with Crippen molar-refractivity contribution in [1.82, 2.24) is 5.32 Å². The van der Waals surface area contributed by atoms with Gasteiger partial charge in [-0.05, 0) is 31.5 Å². The molecule has 3 rings (SSSR count). The zero-order chi connectivity index (χ0) is 14.9. The van der Waals surface area contributed by atoms with Crippen LogP contribution in [0.2, 0.25) is 0 Å². The van der Waals surface area contributed by atoms with Crippen LogP contribution in [0.25, 0.3) is 0 Å². The Bertz CT molecular complexity index is 605. The monoisotopic (exact) mass is 287 g/mol. The van der Waals surface area contributed by atoms with Crippen LogP contribution < -0.4 is 10.1 Å². The van der Waals surface area contributed by atoms with E-state index in [0.29, 0.717) is 6.54 Å². The number of fused-ring (bicyclic) bond motifs is 1. The van der Waals surface area contributed by atoms with Gasteiger partial charge in [0.2, 0.25) is 0 Å². The summed E-state index contributed by atoms with van der Waals surface area (Å²) < 4.78 is 11.4. The predicted octanol–water partition coefficient (Wildman–Crippen LogP) is 2.82. The quantitative estimate of drug-likeness (QED) is 0.888. The molecule has 0 radical (unpaired) electrons. The van der Waals surface area contributed by atoms with Crippen LogP contribution in [0.15, 0.2) is 41.0 Å². The van der Waals surface area contributed by atoms with Gasteiger partial charge < -0.3 is 19.6 Å². The summed E-state index contributed by atoms with van der Waals surface area (Å²) in [5.41, 5.74) is 2.22. The van der Waals surface area contributed by atoms with E-state index in [4.69, 9.17) is 9.15 Å². The first kappa shape index (κ1) is 14.2. The molecule has 112 valence electrons. The summed E-state index contributed by atoms with van der Waals surface area (Å²) in [6, 6.07) is 9.72. The van der Waals surface area contributed by atoms with Crippen molar-refractivity contribution in [2.75, 3.05) is 6.61 Å². The Morgan fingerprint density at radius 2 is 2.14 bits per heavy atom. The third-order valence-corrected chi connectivity index (χ3v) is 3.78. The summed E-state index contributed by atoms with van der Waals surface area (Å²) >= 11 is 0. The Balaban J connectivity index is 1.74. The Morgan fingerprint density at radius 1 is 1.29 bits per heavy atom. The molecule has 0 aliphatic carbocycles. The summed E-state index contributed by atoms with van der Waals surface area (Å²) in [6.45, 7) is 4.83. The van der Waals surface area contributed by atoms with Gasteiger partial charge in [-0.25, -0.2) is 0 Å². The van der Waals surface area contributed by atoms with Crippen molar-refractivity contribution < 1.29 is 14.3 Å². The molecule has 21 heavy (non-hydrogen) atoms. The van der Waals surface area contributed by atoms with Gasteiger partial charge in [-0.3, -0.25) is 0 Å². The van der Waals surface area contributed by atoms with Crippen molar-refractivity contribution in [3.05, 3.63) is 53.5 Å². The van der Waals surface area contributed by atoms with Crippen molar-refractivity contribution in [1.29, 1.82) is 0 Å². The van der Waals surface area contributed by atoms with Crippen LogP contribution in [-0.4, -0.2) is 17.3 Å². The molecule has 1 aliphatic rings. The maximum atomic E-state index is 9.50. The van der Waals surface area contributed by atoms with Gasteiger partial charge in [-0.15, -0.1) is 0 Å². The average Bonchev–Trinajstić information content (AvgIpc) is 3.05. The summed E-state index contributed by atoms with van der Waals surface area (Å²) in [7, 11) is 0. The SMILES string of the molecule is CC1(C)Cc2cccc(CNC(CO)c3ccco3)c2O1. The van der Waals surface area contributed by atoms with Gasteiger partial charge in [-0.2, -0.15) is 0 Å². The first-order valence-corrected chi connectivity index (χ1v) is 7.26. The molecule has 0 amide bonds. The largest absolute Gasteiger partial charge is 0.487 e. The fourth-order valence-corrected chi connectivity index (χ4v) is 2.80. The molecule has 2 N–H and O–H groups in total. The molecule has 4 heteroatoms. The third-order valence-electron chi connectivity index (χ3n) is 3.78. The Hall–Kier alpha value is -1.78. The number of benzene rings is 1. The normalized spacial score (nSPS) is 17.3. The number of para-hydroxylation sites is 1. The minimum Gasteiger partial charge on any atom is -0.487 e. The van der Waals surface area contributed by atoms with Crippen molar-refractivity contribution in [2.45, 2.75) is 38.5 Å². The van der Waals surface area contributed by atoms with E-state index in [-0.39, 0.29) is 18.2 Å². The van der Waals surface area contributed by atoms with Crippen molar-refractivity contribution in [3.63, 3.8) is 0 Å². The zero-order valence-electron chi connectivity index (χ0n) is 12.4. The van der Waals surface area contributed by atoms with E-state index >= 15 is 0 Å². The first-order valence-electron chi connectivity index (χ1n) is 7.26. The second-order valence-electron chi connectivity index (χ2n) is 6.08. The molecule has 1 aromatic carbocycles. The maximum Gasteiger partial charge on any atom is 0.127 e. The van der Waals surface area contributed by atoms with Crippen LogP contribution in [0, 0.1) is 0 Å². The maximum absolute atomic E-state index is 9.50. The van der Waals surface area contributed by atoms with E-state index in [1.54, 1.807) is 6.26 Å². The highest BCUT2D eigenvalue weighted by Gasteiger charge is 2.31. The molecule has 0 saturated heterocycles. The number of hydrogen-bond donors (Lipinski definition) is 2. The van der Waals surface area contributed by atoms with Gasteiger partial charge in [0, 0.05) is 18.5 Å². The number of aliphatic hydroxyl groups is 1. The zero-order valence-corrected chi connectivity index (χ0v) is 12.4. The molecular weight excluding hydrogens is 266 g/mol. The molecule has 0 spiro atoms. The molecule has 1 unspecified atom stereocenters. The summed E-state index contributed by atoms with van der Waals surface area (Å²) in [4.78, 5) is 0. The molecular formula is C17H21NO3. The van der Waals surface area contributed by atoms with Crippen LogP contribution in [0.1, 0.15) is 36.8 Å². The predicted molar refractivity (Wildman–Crippen MR) is 80.2 cm³/mol. The fraction of sp³-hybridized carbons (Fsp3) is 0.412. The topological polar surface area (TPSA) is 54.6 Å². The molecule has 1 aromatic heterocycles. The second-order valence-corrected chi connectivity index (χ2v) is 6.08. The highest BCUT2D eigenvalue weighted by Crippen LogP contribution is 2.37. The number of furan rings is 1. The molecule has 1 aliphatic heterocycles. The summed E-state index contributed by atoms with van der Waals surface area (Å²) in [6.07, 6.45) is 2.54. The summed E-state index contributed by atoms with van der Waals surface area (Å²) in [5.74, 6) is 1.72. The number of rotatable bonds is 5. The van der Waals surface area contributed by atoms with Gasteiger partial charge in [0.1, 0.15) is 17.1 Å². The smallest absolute Gasteiger partial charge is 0.127 e.